The maximum absolute atomic E-state index is 12.8. The highest BCUT2D eigenvalue weighted by atomic mass is 127. The van der Waals surface area contributed by atoms with E-state index in [1.54, 1.807) is 18.2 Å². The maximum atomic E-state index is 12.8. The molecule has 8 nitrogen and oxygen atoms in total. The summed E-state index contributed by atoms with van der Waals surface area (Å²) in [6, 6.07) is 4.10. The summed E-state index contributed by atoms with van der Waals surface area (Å²) in [5, 5.41) is 5.47. The van der Waals surface area contributed by atoms with Gasteiger partial charge in [-0.05, 0) is 37.5 Å². The lowest BCUT2D eigenvalue weighted by atomic mass is 10.0. The van der Waals surface area contributed by atoms with Gasteiger partial charge in [-0.25, -0.2) is 0 Å². The van der Waals surface area contributed by atoms with E-state index in [9.17, 15) is 19.2 Å². The minimum Gasteiger partial charge on any atom is -0.385 e. The van der Waals surface area contributed by atoms with Crippen LogP contribution in [-0.2, 0) is 13.8 Å². The van der Waals surface area contributed by atoms with Crippen molar-refractivity contribution in [3.8, 4) is 0 Å². The van der Waals surface area contributed by atoms with Crippen LogP contribution in [0, 0.1) is 0 Å². The molecule has 0 spiro atoms. The molecule has 0 saturated carbocycles. The first-order valence-corrected chi connectivity index (χ1v) is 12.8. The number of imide groups is 2. The van der Waals surface area contributed by atoms with Crippen LogP contribution in [0.4, 0.5) is 5.69 Å². The molecule has 3 rings (SSSR count). The molecule has 1 unspecified atom stereocenters. The largest absolute Gasteiger partial charge is 0.385 e. The fraction of sp³-hybridized carbons (Fsp3) is 0.474. The van der Waals surface area contributed by atoms with Crippen molar-refractivity contribution in [2.45, 2.75) is 44.6 Å². The molecule has 0 aliphatic carbocycles. The van der Waals surface area contributed by atoms with Gasteiger partial charge in [-0.1, -0.05) is 12.8 Å². The number of nitrogens with one attached hydrogen (secondary N) is 2. The van der Waals surface area contributed by atoms with E-state index in [2.05, 4.69) is 31.8 Å². The number of anilines is 1. The first-order valence-electron chi connectivity index (χ1n) is 9.52. The fourth-order valence-electron chi connectivity index (χ4n) is 3.48. The zero-order valence-corrected chi connectivity index (χ0v) is 18.7. The van der Waals surface area contributed by atoms with Crippen molar-refractivity contribution in [3.63, 3.8) is 0 Å². The lowest BCUT2D eigenvalue weighted by Gasteiger charge is -2.27. The Morgan fingerprint density at radius 3 is 2.62 bits per heavy atom. The fourth-order valence-corrected chi connectivity index (χ4v) is 4.20. The number of halogens is 1. The van der Waals surface area contributed by atoms with Gasteiger partial charge in [0.2, 0.25) is 11.8 Å². The van der Waals surface area contributed by atoms with Crippen molar-refractivity contribution in [2.24, 2.45) is 0 Å². The number of hydrogen-bond donors (Lipinski definition) is 2. The highest BCUT2D eigenvalue weighted by Crippen LogP contribution is 2.29. The molecule has 2 N–H and O–H groups in total. The molecular formula is C19H22IN3O5S. The minimum absolute atomic E-state index is 0.111. The summed E-state index contributed by atoms with van der Waals surface area (Å²) in [6.45, 7) is 1.52. The first kappa shape index (κ1) is 22.0. The SMILES string of the molecule is O=C1CCC(N2C(=O)c3ccc(NCCCCCCOSI)cc3C2=O)C(=O)N1. The lowest BCUT2D eigenvalue weighted by molar-refractivity contribution is -0.136. The Bertz CT molecular complexity index is 819. The van der Waals surface area contributed by atoms with Gasteiger partial charge in [0.05, 0.1) is 26.9 Å². The van der Waals surface area contributed by atoms with Crippen molar-refractivity contribution < 1.29 is 23.4 Å². The van der Waals surface area contributed by atoms with Crippen LogP contribution in [0.25, 0.3) is 0 Å². The van der Waals surface area contributed by atoms with E-state index in [0.29, 0.717) is 5.56 Å². The van der Waals surface area contributed by atoms with Gasteiger partial charge in [-0.3, -0.25) is 29.4 Å². The third-order valence-electron chi connectivity index (χ3n) is 4.97. The van der Waals surface area contributed by atoms with Crippen LogP contribution in [0.15, 0.2) is 18.2 Å². The molecule has 0 bridgehead atoms. The van der Waals surface area contributed by atoms with Crippen molar-refractivity contribution >= 4 is 59.7 Å². The molecule has 1 saturated heterocycles. The van der Waals surface area contributed by atoms with E-state index >= 15 is 0 Å². The monoisotopic (exact) mass is 531 g/mol. The normalized spacial score (nSPS) is 18.8. The molecule has 0 aromatic heterocycles. The third-order valence-corrected chi connectivity index (χ3v) is 5.99. The number of nitrogens with zero attached hydrogens (tertiary/aromatic N) is 1. The summed E-state index contributed by atoms with van der Waals surface area (Å²) in [5.41, 5.74) is 1.34. The number of carbonyl (C=O) groups is 4. The minimum atomic E-state index is -0.939. The van der Waals surface area contributed by atoms with E-state index in [-0.39, 0.29) is 24.3 Å². The molecule has 1 fully saturated rings. The number of rotatable bonds is 10. The van der Waals surface area contributed by atoms with E-state index in [0.717, 1.165) is 49.4 Å². The quantitative estimate of drug-likeness (QED) is 0.207. The second kappa shape index (κ2) is 10.4. The summed E-state index contributed by atoms with van der Waals surface area (Å²) >= 11 is 2.10. The first-order chi connectivity index (χ1) is 14.0. The molecule has 1 aromatic rings. The molecule has 2 aliphatic heterocycles. The van der Waals surface area contributed by atoms with Crippen molar-refractivity contribution in [1.29, 1.82) is 0 Å². The van der Waals surface area contributed by atoms with Gasteiger partial charge in [-0.2, -0.15) is 0 Å². The molecule has 29 heavy (non-hydrogen) atoms. The van der Waals surface area contributed by atoms with Crippen molar-refractivity contribution in [1.82, 2.24) is 10.2 Å². The second-order valence-electron chi connectivity index (χ2n) is 6.93. The highest BCUT2D eigenvalue weighted by Gasteiger charge is 2.44. The molecular weight excluding hydrogens is 509 g/mol. The number of benzene rings is 1. The number of fused-ring (bicyclic) bond motifs is 1. The topological polar surface area (TPSA) is 105 Å². The molecule has 0 radical (unpaired) electrons. The van der Waals surface area contributed by atoms with Crippen LogP contribution in [0.3, 0.4) is 0 Å². The molecule has 4 amide bonds. The van der Waals surface area contributed by atoms with Crippen LogP contribution in [0.2, 0.25) is 0 Å². The van der Waals surface area contributed by atoms with Crippen LogP contribution >= 0.6 is 30.4 Å². The lowest BCUT2D eigenvalue weighted by Crippen LogP contribution is -2.54. The van der Waals surface area contributed by atoms with Gasteiger partial charge in [0.25, 0.3) is 11.8 Å². The Labute approximate surface area is 185 Å². The number of hydrogen-bond acceptors (Lipinski definition) is 7. The van der Waals surface area contributed by atoms with Crippen LogP contribution in [0.5, 0.6) is 0 Å². The zero-order chi connectivity index (χ0) is 20.8. The molecule has 156 valence electrons. The summed E-state index contributed by atoms with van der Waals surface area (Å²) in [6.07, 6.45) is 4.46. The molecule has 2 heterocycles. The average molecular weight is 531 g/mol. The Hall–Kier alpha value is -1.66. The van der Waals surface area contributed by atoms with Crippen LogP contribution in [-0.4, -0.2) is 47.7 Å². The van der Waals surface area contributed by atoms with Crippen LogP contribution < -0.4 is 10.6 Å². The molecule has 1 atom stereocenters. The van der Waals surface area contributed by atoms with Gasteiger partial charge in [-0.15, -0.1) is 0 Å². The standard InChI is InChI=1S/C19H22IN3O5S/c20-29-28-10-4-2-1-3-9-21-12-5-6-13-14(11-12)19(27)23(18(13)26)15-7-8-16(24)22-17(15)25/h5-6,11,15,21H,1-4,7-10H2,(H,22,24,25). The van der Waals surface area contributed by atoms with Gasteiger partial charge in [0.15, 0.2) is 0 Å². The number of carbonyl (C=O) groups excluding carboxylic acids is 4. The Balaban J connectivity index is 1.55. The van der Waals surface area contributed by atoms with E-state index in [4.69, 9.17) is 4.18 Å². The van der Waals surface area contributed by atoms with Gasteiger partial charge in [0.1, 0.15) is 6.04 Å². The molecule has 2 aliphatic rings. The van der Waals surface area contributed by atoms with E-state index in [1.165, 1.54) is 9.21 Å². The van der Waals surface area contributed by atoms with Gasteiger partial charge < -0.3 is 9.50 Å². The molecule has 10 heteroatoms. The summed E-state index contributed by atoms with van der Waals surface area (Å²) < 4.78 is 5.22. The highest BCUT2D eigenvalue weighted by molar-refractivity contribution is 14.2. The molecule has 1 aromatic carbocycles. The van der Waals surface area contributed by atoms with E-state index < -0.39 is 23.8 Å². The van der Waals surface area contributed by atoms with Gasteiger partial charge in [0, 0.05) is 39.9 Å². The average Bonchev–Trinajstić information content (AvgIpc) is 2.94. The Morgan fingerprint density at radius 1 is 1.10 bits per heavy atom. The summed E-state index contributed by atoms with van der Waals surface area (Å²) in [4.78, 5) is 49.8. The summed E-state index contributed by atoms with van der Waals surface area (Å²) in [7, 11) is 1.35. The van der Waals surface area contributed by atoms with E-state index in [1.807, 2.05) is 0 Å². The number of piperidine rings is 1. The Kier molecular flexibility index (Phi) is 7.90. The predicted octanol–water partition coefficient (Wildman–Crippen LogP) is 3.07. The zero-order valence-electron chi connectivity index (χ0n) is 15.7. The van der Waals surface area contributed by atoms with Crippen LogP contribution in [0.1, 0.15) is 59.2 Å². The second-order valence-corrected chi connectivity index (χ2v) is 8.37. The number of unbranched alkanes of at least 4 members (excludes halogenated alkanes) is 3. The smallest absolute Gasteiger partial charge is 0.262 e. The van der Waals surface area contributed by atoms with Crippen molar-refractivity contribution in [3.05, 3.63) is 29.3 Å². The maximum Gasteiger partial charge on any atom is 0.262 e. The number of amides is 4. The van der Waals surface area contributed by atoms with Gasteiger partial charge >= 0.3 is 0 Å². The third kappa shape index (κ3) is 5.28. The summed E-state index contributed by atoms with van der Waals surface area (Å²) in [5.74, 6) is -1.96. The predicted molar refractivity (Wildman–Crippen MR) is 118 cm³/mol. The Morgan fingerprint density at radius 2 is 1.86 bits per heavy atom. The van der Waals surface area contributed by atoms with Crippen molar-refractivity contribution in [2.75, 3.05) is 18.5 Å².